The van der Waals surface area contributed by atoms with Gasteiger partial charge in [0, 0.05) is 25.4 Å². The average Bonchev–Trinajstić information content (AvgIpc) is 2.92. The molecule has 23 heavy (non-hydrogen) atoms. The van der Waals surface area contributed by atoms with Gasteiger partial charge in [0.1, 0.15) is 6.04 Å². The number of carbonyl (C=O) groups is 2. The van der Waals surface area contributed by atoms with Crippen molar-refractivity contribution in [3.8, 4) is 0 Å². The van der Waals surface area contributed by atoms with Crippen molar-refractivity contribution in [3.05, 3.63) is 40.3 Å². The number of β-amino-alcohol motifs (C(OH)–C–C–N with tert-alkyl or cyclic N) is 1. The fourth-order valence-electron chi connectivity index (χ4n) is 2.87. The second-order valence-corrected chi connectivity index (χ2v) is 5.52. The Bertz CT molecular complexity index is 860. The van der Waals surface area contributed by atoms with E-state index in [0.29, 0.717) is 10.8 Å². The molecular formula is C15H15N3O5. The largest absolute Gasteiger partial charge is 0.480 e. The molecule has 1 aromatic carbocycles. The van der Waals surface area contributed by atoms with E-state index in [0.717, 1.165) is 9.58 Å². The van der Waals surface area contributed by atoms with E-state index in [1.807, 2.05) is 0 Å². The Hall–Kier alpha value is -2.74. The zero-order valence-corrected chi connectivity index (χ0v) is 12.3. The minimum Gasteiger partial charge on any atom is -0.480 e. The summed E-state index contributed by atoms with van der Waals surface area (Å²) in [6.45, 7) is -0.0748. The van der Waals surface area contributed by atoms with Crippen LogP contribution < -0.4 is 5.56 Å². The van der Waals surface area contributed by atoms with E-state index in [4.69, 9.17) is 0 Å². The van der Waals surface area contributed by atoms with Crippen LogP contribution in [0, 0.1) is 0 Å². The Balaban J connectivity index is 2.13. The predicted molar refractivity (Wildman–Crippen MR) is 80.1 cm³/mol. The second-order valence-electron chi connectivity index (χ2n) is 5.52. The van der Waals surface area contributed by atoms with Gasteiger partial charge in [-0.3, -0.25) is 9.59 Å². The van der Waals surface area contributed by atoms with Gasteiger partial charge in [-0.15, -0.1) is 0 Å². The molecule has 1 aliphatic rings. The molecule has 8 heteroatoms. The molecule has 0 bridgehead atoms. The molecule has 0 spiro atoms. The Labute approximate surface area is 130 Å². The first-order chi connectivity index (χ1) is 10.9. The van der Waals surface area contributed by atoms with E-state index in [1.165, 1.54) is 7.05 Å². The van der Waals surface area contributed by atoms with Gasteiger partial charge in [0.2, 0.25) is 0 Å². The highest BCUT2D eigenvalue weighted by Gasteiger charge is 2.40. The molecule has 8 nitrogen and oxygen atoms in total. The lowest BCUT2D eigenvalue weighted by Gasteiger charge is -2.21. The number of aliphatic hydroxyl groups excluding tert-OH is 1. The third kappa shape index (κ3) is 2.46. The molecule has 0 aliphatic carbocycles. The quantitative estimate of drug-likeness (QED) is 0.779. The lowest BCUT2D eigenvalue weighted by Crippen LogP contribution is -2.41. The average molecular weight is 317 g/mol. The maximum Gasteiger partial charge on any atom is 0.326 e. The van der Waals surface area contributed by atoms with Crippen LogP contribution in [0.5, 0.6) is 0 Å². The number of aromatic nitrogens is 2. The summed E-state index contributed by atoms with van der Waals surface area (Å²) in [5.41, 5.74) is -0.337. The summed E-state index contributed by atoms with van der Waals surface area (Å²) in [5, 5.41) is 23.6. The molecule has 1 fully saturated rings. The van der Waals surface area contributed by atoms with Crippen molar-refractivity contribution in [3.63, 3.8) is 0 Å². The highest BCUT2D eigenvalue weighted by atomic mass is 16.4. The Morgan fingerprint density at radius 2 is 1.91 bits per heavy atom. The maximum atomic E-state index is 12.8. The third-order valence-corrected chi connectivity index (χ3v) is 3.98. The smallest absolute Gasteiger partial charge is 0.326 e. The number of benzene rings is 1. The van der Waals surface area contributed by atoms with Crippen LogP contribution in [0.4, 0.5) is 0 Å². The van der Waals surface area contributed by atoms with Crippen molar-refractivity contribution in [1.29, 1.82) is 0 Å². The molecule has 1 aliphatic heterocycles. The zero-order chi connectivity index (χ0) is 16.7. The van der Waals surface area contributed by atoms with Gasteiger partial charge in [-0.2, -0.15) is 5.10 Å². The molecule has 2 heterocycles. The molecule has 1 aromatic heterocycles. The third-order valence-electron chi connectivity index (χ3n) is 3.98. The van der Waals surface area contributed by atoms with E-state index in [2.05, 4.69) is 5.10 Å². The van der Waals surface area contributed by atoms with Gasteiger partial charge in [0.25, 0.3) is 11.5 Å². The zero-order valence-electron chi connectivity index (χ0n) is 12.3. The fourth-order valence-corrected chi connectivity index (χ4v) is 2.87. The SMILES string of the molecule is Cn1nc(C(=O)N2CC(O)CC2C(=O)O)c2ccccc2c1=O. The number of carboxylic acids is 1. The number of hydrogen-bond donors (Lipinski definition) is 2. The first kappa shape index (κ1) is 15.2. The molecule has 2 atom stereocenters. The number of aliphatic hydroxyl groups is 1. The summed E-state index contributed by atoms with van der Waals surface area (Å²) in [6.07, 6.45) is -0.913. The summed E-state index contributed by atoms with van der Waals surface area (Å²) < 4.78 is 1.05. The molecule has 3 rings (SSSR count). The van der Waals surface area contributed by atoms with Crippen molar-refractivity contribution in [2.24, 2.45) is 7.05 Å². The van der Waals surface area contributed by atoms with Crippen LogP contribution >= 0.6 is 0 Å². The highest BCUT2D eigenvalue weighted by molar-refractivity contribution is 6.06. The second kappa shape index (κ2) is 5.47. The van der Waals surface area contributed by atoms with Gasteiger partial charge < -0.3 is 15.1 Å². The molecule has 2 N–H and O–H groups in total. The molecule has 2 aromatic rings. The van der Waals surface area contributed by atoms with Crippen LogP contribution in [-0.2, 0) is 11.8 Å². The van der Waals surface area contributed by atoms with Crippen molar-refractivity contribution < 1.29 is 19.8 Å². The Morgan fingerprint density at radius 1 is 1.26 bits per heavy atom. The van der Waals surface area contributed by atoms with Crippen molar-refractivity contribution >= 4 is 22.6 Å². The van der Waals surface area contributed by atoms with Gasteiger partial charge in [0.15, 0.2) is 5.69 Å². The van der Waals surface area contributed by atoms with Crippen LogP contribution in [0.25, 0.3) is 10.8 Å². The van der Waals surface area contributed by atoms with Crippen molar-refractivity contribution in [1.82, 2.24) is 14.7 Å². The number of carboxylic acid groups (broad SMARTS) is 1. The fraction of sp³-hybridized carbons (Fsp3) is 0.333. The molecule has 1 amide bonds. The lowest BCUT2D eigenvalue weighted by atomic mass is 10.1. The molecule has 2 unspecified atom stereocenters. The Morgan fingerprint density at radius 3 is 2.57 bits per heavy atom. The summed E-state index contributed by atoms with van der Waals surface area (Å²) in [7, 11) is 1.43. The molecule has 120 valence electrons. The van der Waals surface area contributed by atoms with E-state index < -0.39 is 24.0 Å². The highest BCUT2D eigenvalue weighted by Crippen LogP contribution is 2.23. The number of rotatable bonds is 2. The monoisotopic (exact) mass is 317 g/mol. The molecular weight excluding hydrogens is 302 g/mol. The number of amides is 1. The van der Waals surface area contributed by atoms with Crippen LogP contribution in [0.1, 0.15) is 16.9 Å². The Kier molecular flexibility index (Phi) is 3.61. The van der Waals surface area contributed by atoms with Gasteiger partial charge in [-0.1, -0.05) is 18.2 Å². The van der Waals surface area contributed by atoms with E-state index in [-0.39, 0.29) is 24.2 Å². The van der Waals surface area contributed by atoms with E-state index in [9.17, 15) is 24.6 Å². The number of fused-ring (bicyclic) bond motifs is 1. The predicted octanol–water partition coefficient (Wildman–Crippen LogP) is -0.407. The number of nitrogens with zero attached hydrogens (tertiary/aromatic N) is 3. The minimum atomic E-state index is -1.18. The molecule has 0 radical (unpaired) electrons. The summed E-state index contributed by atoms with van der Waals surface area (Å²) in [6, 6.07) is 5.43. The first-order valence-electron chi connectivity index (χ1n) is 7.08. The number of aliphatic carboxylic acids is 1. The van der Waals surface area contributed by atoms with Crippen LogP contribution in [0.2, 0.25) is 0 Å². The normalized spacial score (nSPS) is 20.9. The van der Waals surface area contributed by atoms with Gasteiger partial charge >= 0.3 is 5.97 Å². The number of hydrogen-bond acceptors (Lipinski definition) is 5. The number of carbonyl (C=O) groups excluding carboxylic acids is 1. The number of likely N-dealkylation sites (tertiary alicyclic amines) is 1. The van der Waals surface area contributed by atoms with Crippen LogP contribution in [-0.4, -0.2) is 55.5 Å². The van der Waals surface area contributed by atoms with E-state index >= 15 is 0 Å². The summed E-state index contributed by atoms with van der Waals surface area (Å²) >= 11 is 0. The van der Waals surface area contributed by atoms with Crippen LogP contribution in [0.3, 0.4) is 0 Å². The van der Waals surface area contributed by atoms with Gasteiger partial charge in [-0.25, -0.2) is 9.48 Å². The topological polar surface area (TPSA) is 113 Å². The van der Waals surface area contributed by atoms with Crippen LogP contribution in [0.15, 0.2) is 29.1 Å². The van der Waals surface area contributed by atoms with Crippen molar-refractivity contribution in [2.75, 3.05) is 6.54 Å². The first-order valence-corrected chi connectivity index (χ1v) is 7.08. The standard InChI is InChI=1S/C15H15N3O5/c1-17-13(20)10-5-3-2-4-9(10)12(16-17)14(21)18-7-8(19)6-11(18)15(22)23/h2-5,8,11,19H,6-7H2,1H3,(H,22,23). The van der Waals surface area contributed by atoms with Crippen molar-refractivity contribution in [2.45, 2.75) is 18.6 Å². The van der Waals surface area contributed by atoms with E-state index in [1.54, 1.807) is 24.3 Å². The number of aryl methyl sites for hydroxylation is 1. The lowest BCUT2D eigenvalue weighted by molar-refractivity contribution is -0.141. The van der Waals surface area contributed by atoms with Gasteiger partial charge in [0.05, 0.1) is 11.5 Å². The van der Waals surface area contributed by atoms with Gasteiger partial charge in [-0.05, 0) is 6.07 Å². The molecule has 1 saturated heterocycles. The minimum absolute atomic E-state index is 0.00282. The molecule has 0 saturated carbocycles. The summed E-state index contributed by atoms with van der Waals surface area (Å²) in [5.74, 6) is -1.79. The summed E-state index contributed by atoms with van der Waals surface area (Å²) in [4.78, 5) is 37.2. The maximum absolute atomic E-state index is 12.8.